The second kappa shape index (κ2) is 6.54. The summed E-state index contributed by atoms with van der Waals surface area (Å²) in [6.45, 7) is 16.3. The third-order valence-corrected chi connectivity index (χ3v) is 8.90. The van der Waals surface area contributed by atoms with Crippen LogP contribution in [0, 0.1) is 12.3 Å². The SMILES string of the molecule is Cc1cc2c3cc(CC(C)(C)C)ccc3n3c4cc([Si](C)(C)C)cc5ncnc(c(c1)c23)c54. The molecule has 0 unspecified atom stereocenters. The summed E-state index contributed by atoms with van der Waals surface area (Å²) in [5.41, 5.74) is 8.84. The predicted molar refractivity (Wildman–Crippen MR) is 145 cm³/mol. The molecule has 166 valence electrons. The van der Waals surface area contributed by atoms with Crippen molar-refractivity contribution in [3.63, 3.8) is 0 Å². The van der Waals surface area contributed by atoms with Crippen molar-refractivity contribution >= 4 is 62.4 Å². The topological polar surface area (TPSA) is 30.2 Å². The van der Waals surface area contributed by atoms with Gasteiger partial charge in [0, 0.05) is 16.2 Å². The monoisotopic (exact) mass is 449 g/mol. The number of fused-ring (bicyclic) bond motifs is 5. The van der Waals surface area contributed by atoms with E-state index in [1.165, 1.54) is 54.4 Å². The molecule has 0 atom stereocenters. The molecule has 0 N–H and O–H groups in total. The smallest absolute Gasteiger partial charge is 0.116 e. The lowest BCUT2D eigenvalue weighted by Gasteiger charge is -2.20. The minimum absolute atomic E-state index is 0.255. The van der Waals surface area contributed by atoms with Crippen molar-refractivity contribution < 1.29 is 0 Å². The first kappa shape index (κ1) is 20.6. The Balaban J connectivity index is 1.88. The Kier molecular flexibility index (Phi) is 4.08. The quantitative estimate of drug-likeness (QED) is 0.159. The average molecular weight is 450 g/mol. The Hall–Kier alpha value is -2.98. The number of aryl methyl sites for hydroxylation is 1. The molecule has 0 aliphatic heterocycles. The lowest BCUT2D eigenvalue weighted by molar-refractivity contribution is 0.411. The van der Waals surface area contributed by atoms with E-state index in [0.29, 0.717) is 0 Å². The molecule has 3 nitrogen and oxygen atoms in total. The Labute approximate surface area is 195 Å². The Bertz CT molecular complexity index is 1710. The van der Waals surface area contributed by atoms with Gasteiger partial charge in [-0.15, -0.1) is 0 Å². The van der Waals surface area contributed by atoms with Gasteiger partial charge < -0.3 is 4.40 Å². The lowest BCUT2D eigenvalue weighted by atomic mass is 9.88. The Morgan fingerprint density at radius 1 is 0.848 bits per heavy atom. The van der Waals surface area contributed by atoms with Crippen LogP contribution in [0.25, 0.3) is 49.1 Å². The van der Waals surface area contributed by atoms with Crippen molar-refractivity contribution in [2.45, 2.75) is 53.8 Å². The fraction of sp³-hybridized carbons (Fsp3) is 0.310. The van der Waals surface area contributed by atoms with Gasteiger partial charge in [-0.1, -0.05) is 51.7 Å². The molecule has 3 aromatic carbocycles. The van der Waals surface area contributed by atoms with E-state index in [-0.39, 0.29) is 5.41 Å². The average Bonchev–Trinajstić information content (AvgIpc) is 3.03. The highest BCUT2D eigenvalue weighted by Gasteiger charge is 2.23. The van der Waals surface area contributed by atoms with Crippen LogP contribution >= 0.6 is 0 Å². The molecule has 0 bridgehead atoms. The van der Waals surface area contributed by atoms with E-state index in [9.17, 15) is 0 Å². The molecule has 0 spiro atoms. The van der Waals surface area contributed by atoms with Crippen LogP contribution in [-0.2, 0) is 6.42 Å². The second-order valence-electron chi connectivity index (χ2n) is 12.0. The van der Waals surface area contributed by atoms with Crippen LogP contribution in [0.4, 0.5) is 0 Å². The van der Waals surface area contributed by atoms with Gasteiger partial charge >= 0.3 is 0 Å². The van der Waals surface area contributed by atoms with E-state index in [1.807, 2.05) is 0 Å². The van der Waals surface area contributed by atoms with E-state index < -0.39 is 8.07 Å². The third-order valence-electron chi connectivity index (χ3n) is 6.88. The van der Waals surface area contributed by atoms with Gasteiger partial charge in [-0.2, -0.15) is 0 Å². The molecule has 3 aromatic heterocycles. The Morgan fingerprint density at radius 3 is 2.33 bits per heavy atom. The van der Waals surface area contributed by atoms with E-state index in [4.69, 9.17) is 9.97 Å². The van der Waals surface area contributed by atoms with Crippen LogP contribution in [-0.4, -0.2) is 22.4 Å². The maximum atomic E-state index is 4.82. The van der Waals surface area contributed by atoms with Crippen molar-refractivity contribution in [1.82, 2.24) is 14.4 Å². The largest absolute Gasteiger partial charge is 0.308 e. The molecule has 0 fully saturated rings. The highest BCUT2D eigenvalue weighted by Crippen LogP contribution is 2.40. The summed E-state index contributed by atoms with van der Waals surface area (Å²) in [4.78, 5) is 9.55. The van der Waals surface area contributed by atoms with Crippen LogP contribution in [0.5, 0.6) is 0 Å². The number of aromatic nitrogens is 3. The first-order valence-electron chi connectivity index (χ1n) is 11.9. The fourth-order valence-electron chi connectivity index (χ4n) is 5.48. The molecular weight excluding hydrogens is 418 g/mol. The minimum atomic E-state index is -1.53. The summed E-state index contributed by atoms with van der Waals surface area (Å²) in [6, 6.07) is 16.4. The summed E-state index contributed by atoms with van der Waals surface area (Å²) in [6.07, 6.45) is 2.80. The highest BCUT2D eigenvalue weighted by molar-refractivity contribution is 6.89. The zero-order chi connectivity index (χ0) is 23.3. The molecule has 4 heteroatoms. The van der Waals surface area contributed by atoms with Crippen LogP contribution in [0.2, 0.25) is 19.6 Å². The van der Waals surface area contributed by atoms with Crippen molar-refractivity contribution in [2.24, 2.45) is 5.41 Å². The summed E-state index contributed by atoms with van der Waals surface area (Å²) >= 11 is 0. The summed E-state index contributed by atoms with van der Waals surface area (Å²) in [5.74, 6) is 0. The second-order valence-corrected chi connectivity index (χ2v) is 17.1. The number of pyridine rings is 1. The van der Waals surface area contributed by atoms with Gasteiger partial charge in [0.15, 0.2) is 0 Å². The normalized spacial score (nSPS) is 13.4. The van der Waals surface area contributed by atoms with Gasteiger partial charge in [0.25, 0.3) is 0 Å². The Morgan fingerprint density at radius 2 is 1.61 bits per heavy atom. The van der Waals surface area contributed by atoms with Crippen LogP contribution in [0.1, 0.15) is 31.9 Å². The predicted octanol–water partition coefficient (Wildman–Crippen LogP) is 7.22. The van der Waals surface area contributed by atoms with Crippen molar-refractivity contribution in [1.29, 1.82) is 0 Å². The summed E-state index contributed by atoms with van der Waals surface area (Å²) in [7, 11) is -1.53. The minimum Gasteiger partial charge on any atom is -0.308 e. The van der Waals surface area contributed by atoms with E-state index in [2.05, 4.69) is 94.2 Å². The molecule has 0 aliphatic carbocycles. The number of hydrogen-bond acceptors (Lipinski definition) is 2. The van der Waals surface area contributed by atoms with Gasteiger partial charge in [0.1, 0.15) is 6.33 Å². The van der Waals surface area contributed by atoms with Gasteiger partial charge in [-0.05, 0) is 66.3 Å². The van der Waals surface area contributed by atoms with E-state index in [0.717, 1.165) is 17.5 Å². The standard InChI is InChI=1S/C29H31N3Si/c1-17-10-21-20-12-18(15-29(2,3)4)8-9-24(20)32-25-14-19(33(5,6)7)13-23-26(25)27(31-16-30-23)22(11-17)28(21)32/h8-14,16H,15H2,1-7H3. The molecule has 0 radical (unpaired) electrons. The number of rotatable bonds is 2. The molecule has 0 saturated carbocycles. The van der Waals surface area contributed by atoms with Crippen LogP contribution in [0.15, 0.2) is 48.8 Å². The molecule has 6 rings (SSSR count). The van der Waals surface area contributed by atoms with Crippen molar-refractivity contribution in [3.8, 4) is 0 Å². The maximum Gasteiger partial charge on any atom is 0.116 e. The first-order valence-corrected chi connectivity index (χ1v) is 15.4. The number of benzene rings is 3. The molecule has 0 amide bonds. The van der Waals surface area contributed by atoms with Crippen LogP contribution < -0.4 is 5.19 Å². The molecular formula is C29H31N3Si. The zero-order valence-corrected chi connectivity index (χ0v) is 21.7. The van der Waals surface area contributed by atoms with Crippen molar-refractivity contribution in [2.75, 3.05) is 0 Å². The van der Waals surface area contributed by atoms with E-state index >= 15 is 0 Å². The fourth-order valence-corrected chi connectivity index (χ4v) is 6.62. The summed E-state index contributed by atoms with van der Waals surface area (Å²) in [5, 5.41) is 6.49. The molecule has 0 saturated heterocycles. The molecule has 3 heterocycles. The molecule has 6 aromatic rings. The van der Waals surface area contributed by atoms with Gasteiger partial charge in [-0.25, -0.2) is 9.97 Å². The summed E-state index contributed by atoms with van der Waals surface area (Å²) < 4.78 is 2.49. The van der Waals surface area contributed by atoms with E-state index in [1.54, 1.807) is 6.33 Å². The number of nitrogens with zero attached hydrogens (tertiary/aromatic N) is 3. The number of hydrogen-bond donors (Lipinski definition) is 0. The third kappa shape index (κ3) is 3.07. The zero-order valence-electron chi connectivity index (χ0n) is 20.7. The maximum absolute atomic E-state index is 4.82. The molecule has 33 heavy (non-hydrogen) atoms. The van der Waals surface area contributed by atoms with Crippen LogP contribution in [0.3, 0.4) is 0 Å². The molecule has 0 aliphatic rings. The lowest BCUT2D eigenvalue weighted by Crippen LogP contribution is -2.37. The first-order chi connectivity index (χ1) is 15.5. The van der Waals surface area contributed by atoms with Gasteiger partial charge in [-0.3, -0.25) is 0 Å². The van der Waals surface area contributed by atoms with Gasteiger partial charge in [0.2, 0.25) is 0 Å². The van der Waals surface area contributed by atoms with Gasteiger partial charge in [0.05, 0.1) is 41.0 Å². The van der Waals surface area contributed by atoms with Crippen molar-refractivity contribution in [3.05, 3.63) is 59.9 Å². The highest BCUT2D eigenvalue weighted by atomic mass is 28.3.